The van der Waals surface area contributed by atoms with Gasteiger partial charge in [-0.15, -0.1) is 0 Å². The first kappa shape index (κ1) is 12.2. The van der Waals surface area contributed by atoms with E-state index in [1.807, 2.05) is 0 Å². The summed E-state index contributed by atoms with van der Waals surface area (Å²) in [5.74, 6) is 1.25. The van der Waals surface area contributed by atoms with Gasteiger partial charge >= 0.3 is 0 Å². The zero-order valence-electron chi connectivity index (χ0n) is 10.5. The van der Waals surface area contributed by atoms with Crippen LogP contribution in [-0.4, -0.2) is 5.78 Å². The zero-order chi connectivity index (χ0) is 11.6. The van der Waals surface area contributed by atoms with Crippen molar-refractivity contribution in [3.63, 3.8) is 0 Å². The molecular formula is C14H22O. The van der Waals surface area contributed by atoms with Gasteiger partial charge in [0.1, 0.15) is 0 Å². The lowest BCUT2D eigenvalue weighted by atomic mass is 9.64. The third-order valence-electron chi connectivity index (χ3n) is 3.80. The van der Waals surface area contributed by atoms with Crippen molar-refractivity contribution in [3.8, 4) is 0 Å². The molecule has 15 heavy (non-hydrogen) atoms. The second-order valence-electron chi connectivity index (χ2n) is 5.32. The minimum absolute atomic E-state index is 0.144. The molecule has 0 aliphatic heterocycles. The van der Waals surface area contributed by atoms with E-state index in [-0.39, 0.29) is 11.2 Å². The van der Waals surface area contributed by atoms with Crippen molar-refractivity contribution in [2.24, 2.45) is 17.3 Å². The Balaban J connectivity index is 2.95. The minimum Gasteiger partial charge on any atom is -0.295 e. The monoisotopic (exact) mass is 206 g/mol. The molecule has 0 spiro atoms. The first-order chi connectivity index (χ1) is 6.85. The van der Waals surface area contributed by atoms with Gasteiger partial charge in [0.25, 0.3) is 0 Å². The van der Waals surface area contributed by atoms with Gasteiger partial charge in [-0.05, 0) is 43.6 Å². The second kappa shape index (κ2) is 4.34. The van der Waals surface area contributed by atoms with Crippen LogP contribution in [0.3, 0.4) is 0 Å². The predicted molar refractivity (Wildman–Crippen MR) is 64.6 cm³/mol. The molecule has 0 heterocycles. The number of ketones is 1. The Morgan fingerprint density at radius 2 is 2.13 bits per heavy atom. The summed E-state index contributed by atoms with van der Waals surface area (Å²) >= 11 is 0. The SMILES string of the molecule is CC(=O)C=CC1C(C)CC=C(C)C1(C)C. The number of carbonyl (C=O) groups is 1. The Bertz CT molecular complexity index is 307. The molecule has 2 unspecified atom stereocenters. The molecule has 0 saturated heterocycles. The van der Waals surface area contributed by atoms with Crippen LogP contribution in [0.15, 0.2) is 23.8 Å². The van der Waals surface area contributed by atoms with Crippen LogP contribution in [-0.2, 0) is 4.79 Å². The van der Waals surface area contributed by atoms with Crippen LogP contribution in [0.5, 0.6) is 0 Å². The van der Waals surface area contributed by atoms with Gasteiger partial charge in [-0.25, -0.2) is 0 Å². The van der Waals surface area contributed by atoms with Crippen LogP contribution in [0, 0.1) is 17.3 Å². The van der Waals surface area contributed by atoms with E-state index in [1.54, 1.807) is 13.0 Å². The predicted octanol–water partition coefficient (Wildman–Crippen LogP) is 3.76. The number of rotatable bonds is 2. The summed E-state index contributed by atoms with van der Waals surface area (Å²) in [4.78, 5) is 11.0. The number of carbonyl (C=O) groups excluding carboxylic acids is 1. The van der Waals surface area contributed by atoms with Gasteiger partial charge in [0.05, 0.1) is 0 Å². The first-order valence-corrected chi connectivity index (χ1v) is 5.71. The number of hydrogen-bond acceptors (Lipinski definition) is 1. The third-order valence-corrected chi connectivity index (χ3v) is 3.80. The van der Waals surface area contributed by atoms with Crippen LogP contribution < -0.4 is 0 Å². The van der Waals surface area contributed by atoms with Crippen molar-refractivity contribution >= 4 is 5.78 Å². The van der Waals surface area contributed by atoms with E-state index in [0.29, 0.717) is 11.8 Å². The molecule has 1 nitrogen and oxygen atoms in total. The van der Waals surface area contributed by atoms with Crippen molar-refractivity contribution < 1.29 is 4.79 Å². The van der Waals surface area contributed by atoms with Crippen LogP contribution in [0.2, 0.25) is 0 Å². The highest BCUT2D eigenvalue weighted by molar-refractivity contribution is 5.87. The normalized spacial score (nSPS) is 30.3. The van der Waals surface area contributed by atoms with Gasteiger partial charge in [-0.3, -0.25) is 4.79 Å². The van der Waals surface area contributed by atoms with E-state index in [9.17, 15) is 4.79 Å². The lowest BCUT2D eigenvalue weighted by molar-refractivity contribution is -0.112. The highest BCUT2D eigenvalue weighted by atomic mass is 16.1. The summed E-state index contributed by atoms with van der Waals surface area (Å²) < 4.78 is 0. The Labute approximate surface area is 93.3 Å². The molecule has 1 aliphatic rings. The summed E-state index contributed by atoms with van der Waals surface area (Å²) in [5, 5.41) is 0. The molecule has 84 valence electrons. The van der Waals surface area contributed by atoms with Gasteiger partial charge in [0, 0.05) is 0 Å². The van der Waals surface area contributed by atoms with E-state index in [0.717, 1.165) is 6.42 Å². The molecule has 1 aliphatic carbocycles. The molecule has 0 saturated carbocycles. The average molecular weight is 206 g/mol. The first-order valence-electron chi connectivity index (χ1n) is 5.71. The Morgan fingerprint density at radius 1 is 1.53 bits per heavy atom. The van der Waals surface area contributed by atoms with E-state index < -0.39 is 0 Å². The zero-order valence-corrected chi connectivity index (χ0v) is 10.5. The molecule has 0 aromatic rings. The molecule has 1 heteroatoms. The van der Waals surface area contributed by atoms with Crippen molar-refractivity contribution in [1.29, 1.82) is 0 Å². The van der Waals surface area contributed by atoms with Crippen LogP contribution in [0.4, 0.5) is 0 Å². The lowest BCUT2D eigenvalue weighted by Gasteiger charge is -2.41. The maximum Gasteiger partial charge on any atom is 0.152 e. The van der Waals surface area contributed by atoms with E-state index in [4.69, 9.17) is 0 Å². The summed E-state index contributed by atoms with van der Waals surface area (Å²) in [6.07, 6.45) is 7.29. The highest BCUT2D eigenvalue weighted by Gasteiger charge is 2.35. The Kier molecular flexibility index (Phi) is 3.54. The third kappa shape index (κ3) is 2.58. The van der Waals surface area contributed by atoms with Gasteiger partial charge in [-0.2, -0.15) is 0 Å². The summed E-state index contributed by atoms with van der Waals surface area (Å²) in [6, 6.07) is 0. The van der Waals surface area contributed by atoms with Gasteiger partial charge in [0.15, 0.2) is 5.78 Å². The van der Waals surface area contributed by atoms with E-state index in [2.05, 4.69) is 39.8 Å². The average Bonchev–Trinajstić information content (AvgIpc) is 2.11. The summed E-state index contributed by atoms with van der Waals surface area (Å²) in [5.41, 5.74) is 1.63. The molecule has 0 radical (unpaired) electrons. The van der Waals surface area contributed by atoms with Crippen LogP contribution in [0.1, 0.15) is 41.0 Å². The molecular weight excluding hydrogens is 184 g/mol. The molecule has 0 aromatic carbocycles. The van der Waals surface area contributed by atoms with Crippen LogP contribution in [0.25, 0.3) is 0 Å². The maximum atomic E-state index is 11.0. The summed E-state index contributed by atoms with van der Waals surface area (Å²) in [7, 11) is 0. The smallest absolute Gasteiger partial charge is 0.152 e. The fourth-order valence-corrected chi connectivity index (χ4v) is 2.42. The van der Waals surface area contributed by atoms with Crippen molar-refractivity contribution in [2.45, 2.75) is 41.0 Å². The molecule has 0 bridgehead atoms. The second-order valence-corrected chi connectivity index (χ2v) is 5.32. The van der Waals surface area contributed by atoms with Gasteiger partial charge in [0.2, 0.25) is 0 Å². The van der Waals surface area contributed by atoms with Gasteiger partial charge < -0.3 is 0 Å². The Hall–Kier alpha value is -0.850. The van der Waals surface area contributed by atoms with Gasteiger partial charge in [-0.1, -0.05) is 38.5 Å². The quantitative estimate of drug-likeness (QED) is 0.496. The van der Waals surface area contributed by atoms with Crippen molar-refractivity contribution in [3.05, 3.63) is 23.8 Å². The number of hydrogen-bond donors (Lipinski definition) is 0. The molecule has 1 rings (SSSR count). The topological polar surface area (TPSA) is 17.1 Å². The standard InChI is InChI=1S/C14H22O/c1-10-6-7-11(2)14(4,5)13(10)9-8-12(3)15/h7-10,13H,6H2,1-5H3. The fraction of sp³-hybridized carbons (Fsp3) is 0.643. The van der Waals surface area contributed by atoms with Crippen molar-refractivity contribution in [1.82, 2.24) is 0 Å². The largest absolute Gasteiger partial charge is 0.295 e. The molecule has 0 fully saturated rings. The highest BCUT2D eigenvalue weighted by Crippen LogP contribution is 2.44. The lowest BCUT2D eigenvalue weighted by Crippen LogP contribution is -2.32. The fourth-order valence-electron chi connectivity index (χ4n) is 2.42. The van der Waals surface area contributed by atoms with E-state index >= 15 is 0 Å². The van der Waals surface area contributed by atoms with Crippen LogP contribution >= 0.6 is 0 Å². The molecule has 0 amide bonds. The maximum absolute atomic E-state index is 11.0. The molecule has 2 atom stereocenters. The molecule has 0 N–H and O–H groups in total. The minimum atomic E-state index is 0.144. The van der Waals surface area contributed by atoms with E-state index in [1.165, 1.54) is 5.57 Å². The summed E-state index contributed by atoms with van der Waals surface area (Å²) in [6.45, 7) is 10.6. The molecule has 0 aromatic heterocycles. The Morgan fingerprint density at radius 3 is 2.67 bits per heavy atom. The van der Waals surface area contributed by atoms with Crippen molar-refractivity contribution in [2.75, 3.05) is 0 Å². The number of allylic oxidation sites excluding steroid dienone is 4.